The first-order chi connectivity index (χ1) is 17.5. The third kappa shape index (κ3) is 4.98. The molecule has 3 saturated carbocycles. The van der Waals surface area contributed by atoms with Gasteiger partial charge in [0.1, 0.15) is 11.6 Å². The van der Waals surface area contributed by atoms with Gasteiger partial charge in [-0.2, -0.15) is 11.8 Å². The number of carboxylic acids is 1. The Labute approximate surface area is 224 Å². The van der Waals surface area contributed by atoms with Crippen molar-refractivity contribution >= 4 is 35.1 Å². The van der Waals surface area contributed by atoms with Gasteiger partial charge in [0.05, 0.1) is 5.71 Å². The molecule has 0 aromatic heterocycles. The Balaban J connectivity index is 1.39. The molecule has 37 heavy (non-hydrogen) atoms. The summed E-state index contributed by atoms with van der Waals surface area (Å²) < 4.78 is 0. The predicted octanol–water partition coefficient (Wildman–Crippen LogP) is 3.96. The minimum absolute atomic E-state index is 0.0730. The van der Waals surface area contributed by atoms with Crippen LogP contribution in [-0.2, 0) is 19.2 Å². The number of rotatable bonds is 9. The molecule has 0 bridgehead atoms. The topological polar surface area (TPSA) is 125 Å². The Kier molecular flexibility index (Phi) is 8.15. The number of Topliss-reactive ketones (excluding diaryl/α,β-unsaturated/α-hetero) is 1. The highest BCUT2D eigenvalue weighted by atomic mass is 32.2. The Morgan fingerprint density at radius 3 is 2.57 bits per heavy atom. The van der Waals surface area contributed by atoms with E-state index in [1.165, 1.54) is 17.3 Å². The summed E-state index contributed by atoms with van der Waals surface area (Å²) in [6.07, 6.45) is 11.6. The monoisotopic (exact) mass is 534 g/mol. The van der Waals surface area contributed by atoms with E-state index in [1.807, 2.05) is 6.26 Å². The lowest BCUT2D eigenvalue weighted by atomic mass is 9.46. The highest BCUT2D eigenvalue weighted by Gasteiger charge is 2.65. The van der Waals surface area contributed by atoms with Crippen molar-refractivity contribution in [2.24, 2.45) is 33.7 Å². The molecule has 0 saturated heterocycles. The van der Waals surface area contributed by atoms with Crippen LogP contribution in [0.2, 0.25) is 0 Å². The molecule has 3 fully saturated rings. The molecule has 4 rings (SSSR count). The Bertz CT molecular complexity index is 997. The summed E-state index contributed by atoms with van der Waals surface area (Å²) in [5.74, 6) is 0.450. The van der Waals surface area contributed by atoms with Crippen molar-refractivity contribution in [3.63, 3.8) is 0 Å². The molecule has 4 aliphatic rings. The fourth-order valence-corrected chi connectivity index (χ4v) is 8.61. The van der Waals surface area contributed by atoms with Crippen molar-refractivity contribution in [1.82, 2.24) is 5.32 Å². The van der Waals surface area contributed by atoms with Crippen LogP contribution >= 0.6 is 11.8 Å². The molecule has 0 spiro atoms. The minimum atomic E-state index is -1.19. The number of hydrogen-bond donors (Lipinski definition) is 3. The molecule has 0 radical (unpaired) electrons. The van der Waals surface area contributed by atoms with Crippen LogP contribution < -0.4 is 5.32 Å². The van der Waals surface area contributed by atoms with Gasteiger partial charge in [-0.15, -0.1) is 0 Å². The van der Waals surface area contributed by atoms with Gasteiger partial charge in [-0.3, -0.25) is 9.59 Å². The molecule has 0 aliphatic heterocycles. The van der Waals surface area contributed by atoms with Gasteiger partial charge in [-0.05, 0) is 106 Å². The maximum atomic E-state index is 12.4. The number of aliphatic carboxylic acids is 1. The summed E-state index contributed by atoms with van der Waals surface area (Å²) in [7, 11) is 0. The number of nitrogens with one attached hydrogen (secondary N) is 1. The number of aliphatic hydroxyl groups is 1. The maximum Gasteiger partial charge on any atom is 0.326 e. The maximum absolute atomic E-state index is 12.4. The zero-order valence-electron chi connectivity index (χ0n) is 22.5. The molecule has 0 aromatic carbocycles. The first-order valence-electron chi connectivity index (χ1n) is 13.6. The average molecular weight is 535 g/mol. The average Bonchev–Trinajstić information content (AvgIpc) is 3.13. The molecular weight excluding hydrogens is 492 g/mol. The fourth-order valence-electron chi connectivity index (χ4n) is 8.14. The van der Waals surface area contributed by atoms with Crippen molar-refractivity contribution in [3.8, 4) is 0 Å². The number of carbonyl (C=O) groups is 3. The quantitative estimate of drug-likeness (QED) is 0.382. The molecule has 1 amide bonds. The van der Waals surface area contributed by atoms with Gasteiger partial charge >= 0.3 is 5.97 Å². The van der Waals surface area contributed by atoms with E-state index in [4.69, 9.17) is 4.84 Å². The van der Waals surface area contributed by atoms with Crippen molar-refractivity contribution in [3.05, 3.63) is 11.6 Å². The SMILES string of the molecule is CSCC[C@H](NC(=O)CON=C1C=C2CC[C@H]3[C@H](CC[C@@]4(C)[C@H]3CC[C@]4(O)C(C)=O)[C@@]2(C)CC1)C(=O)O. The smallest absolute Gasteiger partial charge is 0.326 e. The van der Waals surface area contributed by atoms with E-state index in [0.717, 1.165) is 50.7 Å². The van der Waals surface area contributed by atoms with Gasteiger partial charge in [0.25, 0.3) is 5.91 Å². The lowest BCUT2D eigenvalue weighted by molar-refractivity contribution is -0.159. The molecule has 7 atom stereocenters. The van der Waals surface area contributed by atoms with Crippen molar-refractivity contribution < 1.29 is 29.4 Å². The van der Waals surface area contributed by atoms with Crippen molar-refractivity contribution in [1.29, 1.82) is 0 Å². The number of allylic oxidation sites excluding steroid dienone is 2. The largest absolute Gasteiger partial charge is 0.480 e. The summed E-state index contributed by atoms with van der Waals surface area (Å²) in [5, 5.41) is 27.3. The molecule has 3 N–H and O–H groups in total. The van der Waals surface area contributed by atoms with Crippen LogP contribution in [0.25, 0.3) is 0 Å². The number of fused-ring (bicyclic) bond motifs is 5. The number of carboxylic acid groups (broad SMARTS) is 1. The predicted molar refractivity (Wildman–Crippen MR) is 143 cm³/mol. The van der Waals surface area contributed by atoms with Gasteiger partial charge in [0, 0.05) is 5.41 Å². The third-order valence-corrected chi connectivity index (χ3v) is 11.0. The highest BCUT2D eigenvalue weighted by molar-refractivity contribution is 7.98. The van der Waals surface area contributed by atoms with Gasteiger partial charge in [0.2, 0.25) is 0 Å². The van der Waals surface area contributed by atoms with Gasteiger partial charge in [-0.25, -0.2) is 4.79 Å². The molecular formula is C28H42N2O6S. The number of carbonyl (C=O) groups excluding carboxylic acids is 2. The van der Waals surface area contributed by atoms with E-state index in [9.17, 15) is 24.6 Å². The van der Waals surface area contributed by atoms with Gasteiger partial charge in [-0.1, -0.05) is 24.6 Å². The second kappa shape index (κ2) is 10.7. The summed E-state index contributed by atoms with van der Waals surface area (Å²) >= 11 is 1.53. The normalized spacial score (nSPS) is 38.6. The lowest BCUT2D eigenvalue weighted by Crippen LogP contribution is -2.57. The van der Waals surface area contributed by atoms with E-state index in [2.05, 4.69) is 30.4 Å². The summed E-state index contributed by atoms with van der Waals surface area (Å²) in [4.78, 5) is 41.3. The molecule has 4 aliphatic carbocycles. The van der Waals surface area contributed by atoms with Crippen LogP contribution in [0.1, 0.15) is 78.6 Å². The molecule has 9 heteroatoms. The Hall–Kier alpha value is -1.87. The molecule has 206 valence electrons. The van der Waals surface area contributed by atoms with Crippen LogP contribution in [0.3, 0.4) is 0 Å². The Morgan fingerprint density at radius 1 is 1.16 bits per heavy atom. The van der Waals surface area contributed by atoms with Crippen LogP contribution in [0, 0.1) is 28.6 Å². The number of ketones is 1. The standard InChI is InChI=1S/C28H42N2O6S/c1-17(31)28(35)13-9-22-20-6-5-18-15-19(7-11-26(18,2)21(20)8-12-27(22,28)3)30-36-16-24(32)29-23(25(33)34)10-14-37-4/h15,20-23,35H,5-14,16H2,1-4H3,(H,29,32)(H,33,34)/t20-,21-,22-,23-,26-,27-,28-/m0/s1. The van der Waals surface area contributed by atoms with E-state index in [0.29, 0.717) is 36.3 Å². The Morgan fingerprint density at radius 2 is 1.89 bits per heavy atom. The number of thioether (sulfide) groups is 1. The van der Waals surface area contributed by atoms with Crippen molar-refractivity contribution in [2.45, 2.75) is 90.2 Å². The van der Waals surface area contributed by atoms with Crippen LogP contribution in [0.4, 0.5) is 0 Å². The van der Waals surface area contributed by atoms with Crippen LogP contribution in [-0.4, -0.2) is 63.8 Å². The number of oxime groups is 1. The molecule has 8 nitrogen and oxygen atoms in total. The van der Waals surface area contributed by atoms with E-state index in [-0.39, 0.29) is 23.2 Å². The van der Waals surface area contributed by atoms with E-state index >= 15 is 0 Å². The number of nitrogens with zero attached hydrogens (tertiary/aromatic N) is 1. The molecule has 0 unspecified atom stereocenters. The van der Waals surface area contributed by atoms with Gasteiger partial charge < -0.3 is 20.4 Å². The fraction of sp³-hybridized carbons (Fsp3) is 0.786. The van der Waals surface area contributed by atoms with E-state index in [1.54, 1.807) is 6.92 Å². The van der Waals surface area contributed by atoms with Crippen molar-refractivity contribution in [2.75, 3.05) is 18.6 Å². The number of hydrogen-bond acceptors (Lipinski definition) is 7. The molecule has 0 aromatic rings. The van der Waals surface area contributed by atoms with Crippen LogP contribution in [0.15, 0.2) is 16.8 Å². The highest BCUT2D eigenvalue weighted by Crippen LogP contribution is 2.67. The zero-order chi connectivity index (χ0) is 27.0. The van der Waals surface area contributed by atoms with Crippen LogP contribution in [0.5, 0.6) is 0 Å². The first-order valence-corrected chi connectivity index (χ1v) is 15.0. The summed E-state index contributed by atoms with van der Waals surface area (Å²) in [5.41, 5.74) is 0.766. The zero-order valence-corrected chi connectivity index (χ0v) is 23.4. The minimum Gasteiger partial charge on any atom is -0.480 e. The first kappa shape index (κ1) is 28.1. The lowest BCUT2D eigenvalue weighted by Gasteiger charge is -2.59. The van der Waals surface area contributed by atoms with Gasteiger partial charge in [0.15, 0.2) is 12.4 Å². The van der Waals surface area contributed by atoms with E-state index < -0.39 is 23.5 Å². The second-order valence-electron chi connectivity index (χ2n) is 12.0. The summed E-state index contributed by atoms with van der Waals surface area (Å²) in [6.45, 7) is 5.76. The second-order valence-corrected chi connectivity index (χ2v) is 13.0. The molecule has 0 heterocycles. The summed E-state index contributed by atoms with van der Waals surface area (Å²) in [6, 6.07) is -0.924. The number of amides is 1. The third-order valence-electron chi connectivity index (χ3n) is 10.3.